The number of benzene rings is 7. The Morgan fingerprint density at radius 3 is 1.39 bits per heavy atom. The Kier molecular flexibility index (Phi) is 7.17. The minimum absolute atomic E-state index is 0.141. The molecular weight excluding hydrogens is 560 g/mol. The van der Waals surface area contributed by atoms with Crippen molar-refractivity contribution >= 4 is 21.5 Å². The second-order valence-electron chi connectivity index (χ2n) is 12.9. The van der Waals surface area contributed by atoms with E-state index >= 15 is 0 Å². The van der Waals surface area contributed by atoms with Gasteiger partial charge in [0.2, 0.25) is 0 Å². The fraction of sp³-hybridized carbons (Fsp3) is 0.136. The van der Waals surface area contributed by atoms with Crippen LogP contribution in [-0.2, 0) is 0 Å². The molecule has 0 saturated heterocycles. The molecule has 226 valence electrons. The van der Waals surface area contributed by atoms with Gasteiger partial charge in [-0.15, -0.1) is 0 Å². The molecule has 0 amide bonds. The van der Waals surface area contributed by atoms with E-state index in [9.17, 15) is 10.2 Å². The zero-order valence-corrected chi connectivity index (χ0v) is 27.3. The van der Waals surface area contributed by atoms with E-state index in [0.29, 0.717) is 11.1 Å². The topological polar surface area (TPSA) is 40.5 Å². The monoisotopic (exact) mass is 598 g/mol. The fourth-order valence-corrected chi connectivity index (χ4v) is 7.68. The summed E-state index contributed by atoms with van der Waals surface area (Å²) in [6.07, 6.45) is 0. The quantitative estimate of drug-likeness (QED) is 0.212. The number of hydrogen-bond donors (Lipinski definition) is 2. The molecule has 0 aliphatic rings. The Morgan fingerprint density at radius 2 is 0.848 bits per heavy atom. The number of aryl methyl sites for hydroxylation is 6. The van der Waals surface area contributed by atoms with E-state index in [0.717, 1.165) is 43.8 Å². The highest BCUT2D eigenvalue weighted by Gasteiger charge is 2.22. The van der Waals surface area contributed by atoms with E-state index in [1.54, 1.807) is 6.07 Å². The number of phenols is 2. The van der Waals surface area contributed by atoms with Gasteiger partial charge in [0.1, 0.15) is 11.5 Å². The summed E-state index contributed by atoms with van der Waals surface area (Å²) < 4.78 is 0. The van der Waals surface area contributed by atoms with Gasteiger partial charge in [-0.05, 0) is 143 Å². The maximum absolute atomic E-state index is 12.4. The minimum atomic E-state index is 0.141. The van der Waals surface area contributed by atoms with Crippen molar-refractivity contribution in [2.24, 2.45) is 0 Å². The average Bonchev–Trinajstić information content (AvgIpc) is 3.00. The van der Waals surface area contributed by atoms with Gasteiger partial charge in [-0.25, -0.2) is 0 Å². The molecule has 0 atom stereocenters. The highest BCUT2D eigenvalue weighted by molar-refractivity contribution is 6.12. The summed E-state index contributed by atoms with van der Waals surface area (Å²) in [5, 5.41) is 27.5. The zero-order valence-electron chi connectivity index (χ0n) is 27.3. The molecular formula is C44H38O2. The smallest absolute Gasteiger partial charge is 0.132 e. The fourth-order valence-electron chi connectivity index (χ4n) is 7.68. The van der Waals surface area contributed by atoms with Crippen molar-refractivity contribution in [3.63, 3.8) is 0 Å². The van der Waals surface area contributed by atoms with Gasteiger partial charge >= 0.3 is 0 Å². The molecule has 0 bridgehead atoms. The van der Waals surface area contributed by atoms with Gasteiger partial charge in [-0.3, -0.25) is 0 Å². The van der Waals surface area contributed by atoms with Gasteiger partial charge in [0.25, 0.3) is 0 Å². The van der Waals surface area contributed by atoms with E-state index in [1.807, 2.05) is 48.5 Å². The van der Waals surface area contributed by atoms with Crippen molar-refractivity contribution in [2.75, 3.05) is 0 Å². The van der Waals surface area contributed by atoms with E-state index in [1.165, 1.54) is 44.5 Å². The Hall–Kier alpha value is -5.34. The third-order valence-electron chi connectivity index (χ3n) is 9.35. The predicted octanol–water partition coefficient (Wildman–Crippen LogP) is 11.9. The molecule has 0 aliphatic heterocycles. The van der Waals surface area contributed by atoms with Crippen LogP contribution in [0.25, 0.3) is 66.1 Å². The van der Waals surface area contributed by atoms with Crippen LogP contribution in [0.5, 0.6) is 11.5 Å². The summed E-state index contributed by atoms with van der Waals surface area (Å²) in [5.41, 5.74) is 15.0. The molecule has 2 heteroatoms. The second kappa shape index (κ2) is 11.2. The van der Waals surface area contributed by atoms with Gasteiger partial charge in [0, 0.05) is 16.7 Å². The molecule has 46 heavy (non-hydrogen) atoms. The molecule has 0 aromatic heterocycles. The molecule has 0 radical (unpaired) electrons. The SMILES string of the molecule is Cc1cc(C)c(-c2cc(-c3cc4ccccc4c(-c4c(O)ccc5ccccc45)c3O)cc(-c3c(C)cc(C)cc3C)c2)c(C)c1. The number of fused-ring (bicyclic) bond motifs is 2. The summed E-state index contributed by atoms with van der Waals surface area (Å²) >= 11 is 0. The summed E-state index contributed by atoms with van der Waals surface area (Å²) in [6, 6.07) is 37.6. The van der Waals surface area contributed by atoms with Crippen LogP contribution in [-0.4, -0.2) is 10.2 Å². The molecule has 0 heterocycles. The van der Waals surface area contributed by atoms with Crippen LogP contribution in [0, 0.1) is 41.5 Å². The third kappa shape index (κ3) is 4.91. The average molecular weight is 599 g/mol. The van der Waals surface area contributed by atoms with Gasteiger partial charge in [0.15, 0.2) is 0 Å². The maximum atomic E-state index is 12.4. The molecule has 0 fully saturated rings. The van der Waals surface area contributed by atoms with E-state index in [-0.39, 0.29) is 11.5 Å². The van der Waals surface area contributed by atoms with Gasteiger partial charge in [-0.1, -0.05) is 90.0 Å². The Balaban J connectivity index is 1.59. The van der Waals surface area contributed by atoms with Crippen molar-refractivity contribution in [1.29, 1.82) is 0 Å². The Labute approximate surface area is 271 Å². The molecule has 0 aliphatic carbocycles. The molecule has 7 aromatic carbocycles. The number of phenolic OH excluding ortho intramolecular Hbond substituents is 2. The number of hydrogen-bond acceptors (Lipinski definition) is 2. The molecule has 0 spiro atoms. The molecule has 2 nitrogen and oxygen atoms in total. The van der Waals surface area contributed by atoms with Gasteiger partial charge in [-0.2, -0.15) is 0 Å². The summed E-state index contributed by atoms with van der Waals surface area (Å²) in [4.78, 5) is 0. The lowest BCUT2D eigenvalue weighted by atomic mass is 9.85. The third-order valence-corrected chi connectivity index (χ3v) is 9.35. The lowest BCUT2D eigenvalue weighted by molar-refractivity contribution is 0.471. The van der Waals surface area contributed by atoms with E-state index in [2.05, 4.69) is 96.1 Å². The Bertz CT molecular complexity index is 2220. The van der Waals surface area contributed by atoms with Crippen LogP contribution in [0.1, 0.15) is 33.4 Å². The summed E-state index contributed by atoms with van der Waals surface area (Å²) in [5.74, 6) is 0.297. The first-order valence-corrected chi connectivity index (χ1v) is 15.9. The summed E-state index contributed by atoms with van der Waals surface area (Å²) in [7, 11) is 0. The van der Waals surface area contributed by atoms with Crippen molar-refractivity contribution in [3.05, 3.63) is 143 Å². The van der Waals surface area contributed by atoms with Gasteiger partial charge < -0.3 is 10.2 Å². The van der Waals surface area contributed by atoms with Crippen LogP contribution in [0.4, 0.5) is 0 Å². The van der Waals surface area contributed by atoms with Crippen LogP contribution in [0.3, 0.4) is 0 Å². The van der Waals surface area contributed by atoms with Crippen LogP contribution >= 0.6 is 0 Å². The highest BCUT2D eigenvalue weighted by Crippen LogP contribution is 2.49. The van der Waals surface area contributed by atoms with Crippen LogP contribution in [0.15, 0.2) is 109 Å². The normalized spacial score (nSPS) is 11.4. The van der Waals surface area contributed by atoms with Crippen molar-refractivity contribution < 1.29 is 10.2 Å². The van der Waals surface area contributed by atoms with Gasteiger partial charge in [0.05, 0.1) is 0 Å². The number of rotatable bonds is 4. The minimum Gasteiger partial charge on any atom is -0.507 e. The highest BCUT2D eigenvalue weighted by atomic mass is 16.3. The second-order valence-corrected chi connectivity index (χ2v) is 12.9. The molecule has 2 N–H and O–H groups in total. The first-order chi connectivity index (χ1) is 22.1. The maximum Gasteiger partial charge on any atom is 0.132 e. The van der Waals surface area contributed by atoms with Crippen LogP contribution in [0.2, 0.25) is 0 Å². The lowest BCUT2D eigenvalue weighted by Crippen LogP contribution is -1.95. The van der Waals surface area contributed by atoms with E-state index in [4.69, 9.17) is 0 Å². The molecule has 7 rings (SSSR count). The first-order valence-electron chi connectivity index (χ1n) is 15.9. The van der Waals surface area contributed by atoms with Crippen molar-refractivity contribution in [2.45, 2.75) is 41.5 Å². The first kappa shape index (κ1) is 29.4. The molecule has 0 unspecified atom stereocenters. The van der Waals surface area contributed by atoms with Crippen molar-refractivity contribution in [3.8, 4) is 56.0 Å². The van der Waals surface area contributed by atoms with E-state index < -0.39 is 0 Å². The largest absolute Gasteiger partial charge is 0.507 e. The van der Waals surface area contributed by atoms with Crippen molar-refractivity contribution in [1.82, 2.24) is 0 Å². The zero-order chi connectivity index (χ0) is 32.3. The predicted molar refractivity (Wildman–Crippen MR) is 195 cm³/mol. The number of aromatic hydroxyl groups is 2. The molecule has 0 saturated carbocycles. The summed E-state index contributed by atoms with van der Waals surface area (Å²) in [6.45, 7) is 13.0. The standard InChI is InChI=1S/C44H38O2/c1-25-17-27(3)40(28(4)18-25)34-21-33(22-35(23-34)41-29(5)19-26(2)20-30(41)6)38-24-32-12-8-10-14-37(32)43(44(38)46)42-36-13-9-7-11-31(36)15-16-39(42)45/h7-24,45-46H,1-6H3. The molecule has 7 aromatic rings. The Morgan fingerprint density at radius 1 is 0.391 bits per heavy atom. The lowest BCUT2D eigenvalue weighted by Gasteiger charge is -2.20. The van der Waals surface area contributed by atoms with Crippen LogP contribution < -0.4 is 0 Å².